The van der Waals surface area contributed by atoms with Gasteiger partial charge in [-0.2, -0.15) is 0 Å². The van der Waals surface area contributed by atoms with E-state index in [2.05, 4.69) is 0 Å². The van der Waals surface area contributed by atoms with Gasteiger partial charge in [-0.15, -0.1) is 0 Å². The molecule has 0 saturated carbocycles. The second-order valence-electron chi connectivity index (χ2n) is 4.36. The topological polar surface area (TPSA) is 127 Å². The first-order valence-electron chi connectivity index (χ1n) is 5.61. The van der Waals surface area contributed by atoms with E-state index in [1.54, 1.807) is 13.8 Å². The molecule has 6 N–H and O–H groups in total. The Hall–Kier alpha value is -1.14. The van der Waals surface area contributed by atoms with Crippen molar-refractivity contribution >= 4 is 11.9 Å². The second-order valence-corrected chi connectivity index (χ2v) is 4.36. The van der Waals surface area contributed by atoms with Crippen LogP contribution in [0.4, 0.5) is 0 Å². The normalized spacial score (nSPS) is 15.5. The summed E-state index contributed by atoms with van der Waals surface area (Å²) in [5.41, 5.74) is 10.4. The van der Waals surface area contributed by atoms with Crippen LogP contribution in [0.25, 0.3) is 0 Å². The maximum atomic E-state index is 10.2. The number of carboxylic acids is 2. The Labute approximate surface area is 102 Å². The van der Waals surface area contributed by atoms with E-state index in [0.29, 0.717) is 0 Å². The maximum absolute atomic E-state index is 10.2. The zero-order chi connectivity index (χ0) is 14.2. The van der Waals surface area contributed by atoms with Crippen LogP contribution in [0.15, 0.2) is 0 Å². The van der Waals surface area contributed by atoms with Gasteiger partial charge < -0.3 is 21.7 Å². The summed E-state index contributed by atoms with van der Waals surface area (Å²) in [6.07, 6.45) is 0.813. The summed E-state index contributed by atoms with van der Waals surface area (Å²) in [4.78, 5) is 20.2. The average molecular weight is 248 g/mol. The van der Waals surface area contributed by atoms with Gasteiger partial charge in [0.15, 0.2) is 0 Å². The van der Waals surface area contributed by atoms with Crippen LogP contribution >= 0.6 is 0 Å². The van der Waals surface area contributed by atoms with Crippen LogP contribution in [-0.2, 0) is 9.59 Å². The molecule has 102 valence electrons. The number of hydrogen-bond acceptors (Lipinski definition) is 4. The van der Waals surface area contributed by atoms with Gasteiger partial charge in [-0.1, -0.05) is 34.1 Å². The smallest absolute Gasteiger partial charge is 0.320 e. The SMILES string of the molecule is CC(C)[C@@H](N)C(=O)O.CC[C@H](C)[C@H](N)C(=O)O. The lowest BCUT2D eigenvalue weighted by Gasteiger charge is -2.11. The van der Waals surface area contributed by atoms with E-state index in [4.69, 9.17) is 21.7 Å². The average Bonchev–Trinajstić information content (AvgIpc) is 2.26. The van der Waals surface area contributed by atoms with Crippen molar-refractivity contribution in [3.8, 4) is 0 Å². The van der Waals surface area contributed by atoms with Gasteiger partial charge in [-0.25, -0.2) is 0 Å². The van der Waals surface area contributed by atoms with Crippen molar-refractivity contribution in [1.29, 1.82) is 0 Å². The van der Waals surface area contributed by atoms with Crippen molar-refractivity contribution in [3.63, 3.8) is 0 Å². The molecule has 0 aromatic rings. The molecule has 6 nitrogen and oxygen atoms in total. The van der Waals surface area contributed by atoms with E-state index in [1.807, 2.05) is 13.8 Å². The van der Waals surface area contributed by atoms with Crippen molar-refractivity contribution < 1.29 is 19.8 Å². The summed E-state index contributed by atoms with van der Waals surface area (Å²) in [5.74, 6) is -1.75. The highest BCUT2D eigenvalue weighted by atomic mass is 16.4. The van der Waals surface area contributed by atoms with Crippen LogP contribution in [0.1, 0.15) is 34.1 Å². The fraction of sp³-hybridized carbons (Fsp3) is 0.818. The third-order valence-corrected chi connectivity index (χ3v) is 2.55. The number of carboxylic acid groups (broad SMARTS) is 2. The highest BCUT2D eigenvalue weighted by Gasteiger charge is 2.17. The Morgan fingerprint density at radius 1 is 1.00 bits per heavy atom. The number of carbonyl (C=O) groups is 2. The fourth-order valence-corrected chi connectivity index (χ4v) is 0.782. The van der Waals surface area contributed by atoms with E-state index in [1.165, 1.54) is 0 Å². The van der Waals surface area contributed by atoms with Crippen LogP contribution in [0.5, 0.6) is 0 Å². The highest BCUT2D eigenvalue weighted by molar-refractivity contribution is 5.73. The lowest BCUT2D eigenvalue weighted by atomic mass is 10.0. The van der Waals surface area contributed by atoms with Crippen molar-refractivity contribution in [2.45, 2.75) is 46.2 Å². The van der Waals surface area contributed by atoms with Crippen molar-refractivity contribution in [2.24, 2.45) is 23.3 Å². The van der Waals surface area contributed by atoms with E-state index >= 15 is 0 Å². The van der Waals surface area contributed by atoms with Crippen LogP contribution in [0.2, 0.25) is 0 Å². The molecule has 17 heavy (non-hydrogen) atoms. The van der Waals surface area contributed by atoms with Crippen molar-refractivity contribution in [3.05, 3.63) is 0 Å². The summed E-state index contributed by atoms with van der Waals surface area (Å²) < 4.78 is 0. The standard InChI is InChI=1S/C6H13NO2.C5H11NO2/c1-3-4(2)5(7)6(8)9;1-3(2)4(6)5(7)8/h4-5H,3,7H2,1-2H3,(H,8,9);3-4H,6H2,1-2H3,(H,7,8)/t4-,5-;4-/m01/s1. The zero-order valence-corrected chi connectivity index (χ0v) is 10.9. The number of rotatable bonds is 5. The van der Waals surface area contributed by atoms with Crippen molar-refractivity contribution in [1.82, 2.24) is 0 Å². The monoisotopic (exact) mass is 248 g/mol. The van der Waals surface area contributed by atoms with Gasteiger partial charge in [0.25, 0.3) is 0 Å². The summed E-state index contributed by atoms with van der Waals surface area (Å²) in [6.45, 7) is 7.31. The Bertz CT molecular complexity index is 244. The van der Waals surface area contributed by atoms with E-state index in [0.717, 1.165) is 6.42 Å². The second kappa shape index (κ2) is 8.95. The molecule has 0 unspecified atom stereocenters. The zero-order valence-electron chi connectivity index (χ0n) is 10.9. The predicted molar refractivity (Wildman–Crippen MR) is 65.5 cm³/mol. The van der Waals surface area contributed by atoms with Gasteiger partial charge in [-0.3, -0.25) is 9.59 Å². The van der Waals surface area contributed by atoms with Gasteiger partial charge in [0, 0.05) is 0 Å². The molecule has 0 amide bonds. The molecule has 0 aliphatic rings. The fourth-order valence-electron chi connectivity index (χ4n) is 0.782. The van der Waals surface area contributed by atoms with Gasteiger partial charge in [-0.05, 0) is 11.8 Å². The summed E-state index contributed by atoms with van der Waals surface area (Å²) in [7, 11) is 0. The molecular weight excluding hydrogens is 224 g/mol. The molecular formula is C11H24N2O4. The number of hydrogen-bond donors (Lipinski definition) is 4. The third-order valence-electron chi connectivity index (χ3n) is 2.55. The first-order chi connectivity index (χ1) is 7.64. The molecule has 0 aromatic heterocycles. The molecule has 0 aliphatic carbocycles. The minimum Gasteiger partial charge on any atom is -0.480 e. The minimum atomic E-state index is -0.931. The summed E-state index contributed by atoms with van der Waals surface area (Å²) in [6, 6.07) is -1.41. The van der Waals surface area contributed by atoms with Crippen LogP contribution < -0.4 is 11.5 Å². The van der Waals surface area contributed by atoms with E-state index in [9.17, 15) is 9.59 Å². The number of aliphatic carboxylic acids is 2. The lowest BCUT2D eigenvalue weighted by molar-refractivity contribution is -0.140. The molecule has 0 radical (unpaired) electrons. The first kappa shape index (κ1) is 18.2. The number of nitrogens with two attached hydrogens (primary N) is 2. The summed E-state index contributed by atoms with van der Waals surface area (Å²) >= 11 is 0. The molecule has 6 heteroatoms. The van der Waals surface area contributed by atoms with Crippen LogP contribution in [-0.4, -0.2) is 34.2 Å². The molecule has 0 aromatic carbocycles. The summed E-state index contributed by atoms with van der Waals surface area (Å²) in [5, 5.41) is 16.6. The Morgan fingerprint density at radius 2 is 1.35 bits per heavy atom. The van der Waals surface area contributed by atoms with E-state index < -0.39 is 24.0 Å². The largest absolute Gasteiger partial charge is 0.480 e. The highest BCUT2D eigenvalue weighted by Crippen LogP contribution is 2.04. The first-order valence-corrected chi connectivity index (χ1v) is 5.61. The van der Waals surface area contributed by atoms with Crippen LogP contribution in [0, 0.1) is 11.8 Å². The van der Waals surface area contributed by atoms with Crippen molar-refractivity contribution in [2.75, 3.05) is 0 Å². The van der Waals surface area contributed by atoms with Gasteiger partial charge >= 0.3 is 11.9 Å². The maximum Gasteiger partial charge on any atom is 0.320 e. The van der Waals surface area contributed by atoms with Gasteiger partial charge in [0.05, 0.1) is 0 Å². The Balaban J connectivity index is 0. The molecule has 0 aliphatic heterocycles. The molecule has 0 saturated heterocycles. The molecule has 0 heterocycles. The molecule has 0 fully saturated rings. The Kier molecular flexibility index (Phi) is 9.60. The quantitative estimate of drug-likeness (QED) is 0.561. The molecule has 0 bridgehead atoms. The van der Waals surface area contributed by atoms with E-state index in [-0.39, 0.29) is 11.8 Å². The lowest BCUT2D eigenvalue weighted by Crippen LogP contribution is -2.36. The van der Waals surface area contributed by atoms with Gasteiger partial charge in [0.2, 0.25) is 0 Å². The van der Waals surface area contributed by atoms with Gasteiger partial charge in [0.1, 0.15) is 12.1 Å². The molecule has 3 atom stereocenters. The minimum absolute atomic E-state index is 0.0208. The molecule has 0 spiro atoms. The predicted octanol–water partition coefficient (Wildman–Crippen LogP) is 0.499. The third kappa shape index (κ3) is 8.65. The Morgan fingerprint density at radius 3 is 1.41 bits per heavy atom. The molecule has 0 rings (SSSR count). The van der Waals surface area contributed by atoms with Crippen LogP contribution in [0.3, 0.4) is 0 Å².